The molecule has 5 nitrogen and oxygen atoms in total. The van der Waals surface area contributed by atoms with Crippen LogP contribution >= 0.6 is 0 Å². The molecule has 0 unspecified atom stereocenters. The van der Waals surface area contributed by atoms with E-state index in [2.05, 4.69) is 0 Å². The van der Waals surface area contributed by atoms with Gasteiger partial charge in [0.15, 0.2) is 0 Å². The number of aliphatic hydroxyl groups is 1. The summed E-state index contributed by atoms with van der Waals surface area (Å²) in [6, 6.07) is 6.64. The van der Waals surface area contributed by atoms with Crippen molar-refractivity contribution in [3.63, 3.8) is 0 Å². The first-order valence-corrected chi connectivity index (χ1v) is 6.82. The summed E-state index contributed by atoms with van der Waals surface area (Å²) < 4.78 is 5.19. The molecule has 1 heterocycles. The molecular weight excluding hydrogens is 268 g/mol. The van der Waals surface area contributed by atoms with Gasteiger partial charge in [-0.3, -0.25) is 4.79 Å². The fraction of sp³-hybridized carbons (Fsp3) is 0.500. The zero-order valence-corrected chi connectivity index (χ0v) is 13.0. The molecule has 0 radical (unpaired) electrons. The van der Waals surface area contributed by atoms with Crippen LogP contribution in [0, 0.1) is 16.7 Å². The largest absolute Gasteiger partial charge is 0.495 e. The number of methoxy groups -OCH3 is 1. The third-order valence-corrected chi connectivity index (χ3v) is 4.80. The van der Waals surface area contributed by atoms with Crippen molar-refractivity contribution in [1.29, 1.82) is 5.26 Å². The zero-order chi connectivity index (χ0) is 16.0. The lowest BCUT2D eigenvalue weighted by molar-refractivity contribution is -0.131. The van der Waals surface area contributed by atoms with E-state index >= 15 is 0 Å². The summed E-state index contributed by atoms with van der Waals surface area (Å²) in [6.07, 6.45) is 0. The van der Waals surface area contributed by atoms with E-state index in [0.29, 0.717) is 17.0 Å². The van der Waals surface area contributed by atoms with Crippen LogP contribution in [0.1, 0.15) is 33.3 Å². The zero-order valence-electron chi connectivity index (χ0n) is 13.0. The molecule has 0 spiro atoms. The van der Waals surface area contributed by atoms with Crippen molar-refractivity contribution in [3.05, 3.63) is 23.8 Å². The molecule has 1 fully saturated rings. The average Bonchev–Trinajstić information content (AvgIpc) is 2.57. The molecule has 1 aromatic carbocycles. The van der Waals surface area contributed by atoms with Gasteiger partial charge in [0.25, 0.3) is 0 Å². The molecule has 1 aliphatic heterocycles. The summed E-state index contributed by atoms with van der Waals surface area (Å²) in [5.74, 6) is 0.270. The second kappa shape index (κ2) is 4.74. The molecule has 112 valence electrons. The molecule has 0 bridgehead atoms. The molecule has 2 atom stereocenters. The minimum Gasteiger partial charge on any atom is -0.495 e. The topological polar surface area (TPSA) is 73.6 Å². The summed E-state index contributed by atoms with van der Waals surface area (Å²) in [5, 5.41) is 19.7. The summed E-state index contributed by atoms with van der Waals surface area (Å²) in [5.41, 5.74) is -1.00. The normalized spacial score (nSPS) is 27.6. The van der Waals surface area contributed by atoms with Crippen molar-refractivity contribution >= 4 is 11.6 Å². The Labute approximate surface area is 124 Å². The van der Waals surface area contributed by atoms with Gasteiger partial charge in [-0.1, -0.05) is 0 Å². The minimum absolute atomic E-state index is 0.147. The van der Waals surface area contributed by atoms with E-state index in [4.69, 9.17) is 10.00 Å². The van der Waals surface area contributed by atoms with Gasteiger partial charge in [-0.15, -0.1) is 0 Å². The highest BCUT2D eigenvalue weighted by atomic mass is 16.5. The van der Waals surface area contributed by atoms with Gasteiger partial charge in [-0.05, 0) is 39.8 Å². The van der Waals surface area contributed by atoms with E-state index < -0.39 is 11.0 Å². The fourth-order valence-corrected chi connectivity index (χ4v) is 2.73. The summed E-state index contributed by atoms with van der Waals surface area (Å²) >= 11 is 0. The Morgan fingerprint density at radius 2 is 2.00 bits per heavy atom. The van der Waals surface area contributed by atoms with E-state index in [1.165, 1.54) is 7.11 Å². The maximum absolute atomic E-state index is 12.7. The second-order valence-corrected chi connectivity index (χ2v) is 6.12. The summed E-state index contributed by atoms with van der Waals surface area (Å²) in [4.78, 5) is 14.2. The Morgan fingerprint density at radius 3 is 2.43 bits per heavy atom. The number of rotatable bonds is 2. The van der Waals surface area contributed by atoms with Crippen LogP contribution in [0.15, 0.2) is 18.2 Å². The predicted octanol–water partition coefficient (Wildman–Crippen LogP) is 2.08. The van der Waals surface area contributed by atoms with Gasteiger partial charge in [0.2, 0.25) is 5.91 Å². The summed E-state index contributed by atoms with van der Waals surface area (Å²) in [6.45, 7) is 6.98. The smallest absolute Gasteiger partial charge is 0.235 e. The highest BCUT2D eigenvalue weighted by Crippen LogP contribution is 2.46. The van der Waals surface area contributed by atoms with E-state index in [-0.39, 0.29) is 11.9 Å². The third-order valence-electron chi connectivity index (χ3n) is 4.80. The monoisotopic (exact) mass is 288 g/mol. The molecule has 1 aromatic rings. The van der Waals surface area contributed by atoms with Gasteiger partial charge in [0, 0.05) is 11.8 Å². The standard InChI is InChI=1S/C16H20N2O3/c1-10-16(4,20)15(2,3)14(19)18(10)12-7-6-11(9-17)13(8-12)21-5/h6-8,10,20H,1-5H3/t10-,16+/m1/s1. The van der Waals surface area contributed by atoms with Gasteiger partial charge < -0.3 is 14.7 Å². The van der Waals surface area contributed by atoms with Crippen molar-refractivity contribution in [2.75, 3.05) is 12.0 Å². The number of hydrogen-bond acceptors (Lipinski definition) is 4. The molecule has 1 amide bonds. The van der Waals surface area contributed by atoms with Crippen molar-refractivity contribution in [1.82, 2.24) is 0 Å². The van der Waals surface area contributed by atoms with Gasteiger partial charge in [-0.2, -0.15) is 5.26 Å². The molecule has 1 N–H and O–H groups in total. The van der Waals surface area contributed by atoms with Crippen LogP contribution in [0.5, 0.6) is 5.75 Å². The van der Waals surface area contributed by atoms with Crippen LogP contribution in [0.4, 0.5) is 5.69 Å². The van der Waals surface area contributed by atoms with Gasteiger partial charge in [0.1, 0.15) is 11.8 Å². The SMILES string of the molecule is COc1cc(N2C(=O)C(C)(C)[C@@](C)(O)[C@H]2C)ccc1C#N. The number of anilines is 1. The molecule has 5 heteroatoms. The lowest BCUT2D eigenvalue weighted by Crippen LogP contribution is -2.46. The number of nitriles is 1. The number of benzene rings is 1. The number of hydrogen-bond donors (Lipinski definition) is 1. The molecule has 0 saturated carbocycles. The molecule has 21 heavy (non-hydrogen) atoms. The number of carbonyl (C=O) groups excluding carboxylic acids is 1. The molecular formula is C16H20N2O3. The van der Waals surface area contributed by atoms with Crippen molar-refractivity contribution in [2.24, 2.45) is 5.41 Å². The Bertz CT molecular complexity index is 629. The first-order valence-electron chi connectivity index (χ1n) is 6.82. The van der Waals surface area contributed by atoms with Crippen LogP contribution in [0.25, 0.3) is 0 Å². The molecule has 0 aliphatic carbocycles. The van der Waals surface area contributed by atoms with Crippen LogP contribution in [0.3, 0.4) is 0 Å². The lowest BCUT2D eigenvalue weighted by atomic mass is 9.76. The summed E-state index contributed by atoms with van der Waals surface area (Å²) in [7, 11) is 1.48. The quantitative estimate of drug-likeness (QED) is 0.904. The van der Waals surface area contributed by atoms with Crippen LogP contribution < -0.4 is 9.64 Å². The van der Waals surface area contributed by atoms with Gasteiger partial charge in [-0.25, -0.2) is 0 Å². The Kier molecular flexibility index (Phi) is 3.46. The molecule has 1 aliphatic rings. The van der Waals surface area contributed by atoms with Crippen molar-refractivity contribution in [3.8, 4) is 11.8 Å². The number of nitrogens with zero attached hydrogens (tertiary/aromatic N) is 2. The van der Waals surface area contributed by atoms with Crippen molar-refractivity contribution in [2.45, 2.75) is 39.3 Å². The van der Waals surface area contributed by atoms with Crippen molar-refractivity contribution < 1.29 is 14.6 Å². The van der Waals surface area contributed by atoms with Gasteiger partial charge in [0.05, 0.1) is 29.7 Å². The van der Waals surface area contributed by atoms with Crippen LogP contribution in [0.2, 0.25) is 0 Å². The van der Waals surface area contributed by atoms with Gasteiger partial charge >= 0.3 is 0 Å². The average molecular weight is 288 g/mol. The third kappa shape index (κ3) is 1.98. The highest BCUT2D eigenvalue weighted by molar-refractivity contribution is 6.02. The Morgan fingerprint density at radius 1 is 1.38 bits per heavy atom. The number of ether oxygens (including phenoxy) is 1. The van der Waals surface area contributed by atoms with E-state index in [1.807, 2.05) is 13.0 Å². The first kappa shape index (κ1) is 15.3. The second-order valence-electron chi connectivity index (χ2n) is 6.12. The highest BCUT2D eigenvalue weighted by Gasteiger charge is 2.59. The minimum atomic E-state index is -1.15. The lowest BCUT2D eigenvalue weighted by Gasteiger charge is -2.33. The molecule has 0 aromatic heterocycles. The first-order chi connectivity index (χ1) is 9.68. The molecule has 2 rings (SSSR count). The Balaban J connectivity index is 2.53. The number of carbonyl (C=O) groups is 1. The Hall–Kier alpha value is -2.06. The van der Waals surface area contributed by atoms with E-state index in [1.54, 1.807) is 43.9 Å². The maximum atomic E-state index is 12.7. The fourth-order valence-electron chi connectivity index (χ4n) is 2.73. The van der Waals surface area contributed by atoms with E-state index in [9.17, 15) is 9.90 Å². The number of amides is 1. The maximum Gasteiger partial charge on any atom is 0.235 e. The molecule has 1 saturated heterocycles. The van der Waals surface area contributed by atoms with E-state index in [0.717, 1.165) is 0 Å². The van der Waals surface area contributed by atoms with Crippen LogP contribution in [-0.4, -0.2) is 29.8 Å². The predicted molar refractivity (Wildman–Crippen MR) is 79.1 cm³/mol. The van der Waals surface area contributed by atoms with Crippen LogP contribution in [-0.2, 0) is 4.79 Å².